The lowest BCUT2D eigenvalue weighted by Gasteiger charge is -2.49. The van der Waals surface area contributed by atoms with Gasteiger partial charge in [0.15, 0.2) is 0 Å². The first kappa shape index (κ1) is 17.3. The number of ether oxygens (including phenoxy) is 1. The third-order valence-corrected chi connectivity index (χ3v) is 3.64. The van der Waals surface area contributed by atoms with Gasteiger partial charge in [0.1, 0.15) is 5.60 Å². The van der Waals surface area contributed by atoms with Crippen LogP contribution < -0.4 is 5.32 Å². The van der Waals surface area contributed by atoms with Crippen molar-refractivity contribution in [3.05, 3.63) is 35.9 Å². The molecule has 0 spiro atoms. The van der Waals surface area contributed by atoms with Crippen LogP contribution in [-0.2, 0) is 16.1 Å². The average molecular weight is 320 g/mol. The molecule has 1 amide bonds. The van der Waals surface area contributed by atoms with Crippen LogP contribution in [0.25, 0.3) is 0 Å². The van der Waals surface area contributed by atoms with E-state index in [9.17, 15) is 9.59 Å². The minimum atomic E-state index is -0.880. The fraction of sp³-hybridized carbons (Fsp3) is 0.529. The third kappa shape index (κ3) is 4.96. The van der Waals surface area contributed by atoms with Crippen LogP contribution in [0.15, 0.2) is 30.3 Å². The standard InChI is InChI=1S/C17H24N2O4/c1-16(2,3)23-15(22)19-11-17(12-19,9-14(20)21)18-10-13-7-5-4-6-8-13/h4-8,18H,9-12H2,1-3H3,(H,20,21). The van der Waals surface area contributed by atoms with Gasteiger partial charge in [-0.1, -0.05) is 30.3 Å². The Bertz CT molecular complexity index is 560. The quantitative estimate of drug-likeness (QED) is 0.870. The second-order valence-electron chi connectivity index (χ2n) is 7.03. The molecule has 23 heavy (non-hydrogen) atoms. The summed E-state index contributed by atoms with van der Waals surface area (Å²) in [4.78, 5) is 24.7. The molecule has 2 N–H and O–H groups in total. The predicted molar refractivity (Wildman–Crippen MR) is 86.1 cm³/mol. The first-order chi connectivity index (χ1) is 10.7. The van der Waals surface area contributed by atoms with Crippen molar-refractivity contribution in [2.24, 2.45) is 0 Å². The number of benzene rings is 1. The Hall–Kier alpha value is -2.08. The van der Waals surface area contributed by atoms with Gasteiger partial charge in [-0.15, -0.1) is 0 Å². The maximum Gasteiger partial charge on any atom is 0.410 e. The van der Waals surface area contributed by atoms with Gasteiger partial charge < -0.3 is 20.1 Å². The second kappa shape index (κ2) is 6.58. The molecular weight excluding hydrogens is 296 g/mol. The molecule has 1 aliphatic rings. The van der Waals surface area contributed by atoms with Gasteiger partial charge in [0.2, 0.25) is 0 Å². The Morgan fingerprint density at radius 2 is 1.87 bits per heavy atom. The summed E-state index contributed by atoms with van der Waals surface area (Å²) in [7, 11) is 0. The number of carboxylic acids is 1. The molecule has 0 radical (unpaired) electrons. The van der Waals surface area contributed by atoms with Gasteiger partial charge in [0.05, 0.1) is 12.0 Å². The van der Waals surface area contributed by atoms with Crippen LogP contribution in [0.1, 0.15) is 32.8 Å². The smallest absolute Gasteiger partial charge is 0.410 e. The summed E-state index contributed by atoms with van der Waals surface area (Å²) >= 11 is 0. The normalized spacial score (nSPS) is 16.6. The van der Waals surface area contributed by atoms with Crippen LogP contribution in [0.3, 0.4) is 0 Å². The highest BCUT2D eigenvalue weighted by Gasteiger charge is 2.47. The second-order valence-corrected chi connectivity index (χ2v) is 7.03. The fourth-order valence-corrected chi connectivity index (χ4v) is 2.60. The van der Waals surface area contributed by atoms with E-state index in [0.29, 0.717) is 19.6 Å². The first-order valence-corrected chi connectivity index (χ1v) is 7.68. The van der Waals surface area contributed by atoms with E-state index in [2.05, 4.69) is 5.32 Å². The van der Waals surface area contributed by atoms with Gasteiger partial charge in [-0.2, -0.15) is 0 Å². The van der Waals surface area contributed by atoms with Crippen LogP contribution in [0, 0.1) is 0 Å². The van der Waals surface area contributed by atoms with E-state index in [1.165, 1.54) is 4.90 Å². The van der Waals surface area contributed by atoms with Gasteiger partial charge in [0, 0.05) is 19.6 Å². The van der Waals surface area contributed by atoms with Crippen LogP contribution >= 0.6 is 0 Å². The molecule has 126 valence electrons. The molecule has 1 saturated heterocycles. The zero-order chi connectivity index (χ0) is 17.1. The van der Waals surface area contributed by atoms with Crippen LogP contribution in [0.5, 0.6) is 0 Å². The Kier molecular flexibility index (Phi) is 4.94. The molecule has 0 aromatic heterocycles. The Labute approximate surface area is 136 Å². The van der Waals surface area contributed by atoms with Crippen molar-refractivity contribution in [3.8, 4) is 0 Å². The minimum Gasteiger partial charge on any atom is -0.481 e. The van der Waals surface area contributed by atoms with Crippen molar-refractivity contribution in [3.63, 3.8) is 0 Å². The molecular formula is C17H24N2O4. The number of aliphatic carboxylic acids is 1. The third-order valence-electron chi connectivity index (χ3n) is 3.64. The molecule has 0 aliphatic carbocycles. The van der Waals surface area contributed by atoms with Gasteiger partial charge in [0.25, 0.3) is 0 Å². The molecule has 1 heterocycles. The molecule has 1 aromatic rings. The number of carbonyl (C=O) groups is 2. The van der Waals surface area contributed by atoms with Gasteiger partial charge in [-0.25, -0.2) is 4.79 Å². The Balaban J connectivity index is 1.94. The van der Waals surface area contributed by atoms with E-state index >= 15 is 0 Å². The molecule has 0 unspecified atom stereocenters. The molecule has 0 atom stereocenters. The van der Waals surface area contributed by atoms with Gasteiger partial charge in [-0.3, -0.25) is 4.79 Å². The molecule has 1 fully saturated rings. The molecule has 1 aromatic carbocycles. The lowest BCUT2D eigenvalue weighted by atomic mass is 9.86. The van der Waals surface area contributed by atoms with Crippen molar-refractivity contribution < 1.29 is 19.4 Å². The highest BCUT2D eigenvalue weighted by atomic mass is 16.6. The summed E-state index contributed by atoms with van der Waals surface area (Å²) in [6.07, 6.45) is -0.431. The van der Waals surface area contributed by atoms with E-state index in [-0.39, 0.29) is 6.42 Å². The highest BCUT2D eigenvalue weighted by Crippen LogP contribution is 2.27. The zero-order valence-corrected chi connectivity index (χ0v) is 13.8. The van der Waals surface area contributed by atoms with Crippen LogP contribution in [0.4, 0.5) is 4.79 Å². The lowest BCUT2D eigenvalue weighted by molar-refractivity contribution is -0.141. The van der Waals surface area contributed by atoms with Crippen molar-refractivity contribution in [1.82, 2.24) is 10.2 Å². The average Bonchev–Trinajstić information content (AvgIpc) is 2.39. The number of carbonyl (C=O) groups excluding carboxylic acids is 1. The van der Waals surface area contributed by atoms with E-state index in [0.717, 1.165) is 5.56 Å². The zero-order valence-electron chi connectivity index (χ0n) is 13.8. The summed E-state index contributed by atoms with van der Waals surface area (Å²) in [6.45, 7) is 6.66. The van der Waals surface area contributed by atoms with E-state index in [1.807, 2.05) is 51.1 Å². The number of likely N-dealkylation sites (tertiary alicyclic amines) is 1. The maximum atomic E-state index is 12.0. The van der Waals surface area contributed by atoms with Gasteiger partial charge >= 0.3 is 12.1 Å². The molecule has 2 rings (SSSR count). The molecule has 1 aliphatic heterocycles. The Morgan fingerprint density at radius 1 is 1.26 bits per heavy atom. The minimum absolute atomic E-state index is 0.0286. The number of nitrogens with one attached hydrogen (secondary N) is 1. The highest BCUT2D eigenvalue weighted by molar-refractivity contribution is 5.73. The number of hydrogen-bond donors (Lipinski definition) is 2. The summed E-state index contributed by atoms with van der Waals surface area (Å²) in [6, 6.07) is 9.77. The van der Waals surface area contributed by atoms with E-state index in [4.69, 9.17) is 9.84 Å². The summed E-state index contributed by atoms with van der Waals surface area (Å²) in [5, 5.41) is 12.4. The van der Waals surface area contributed by atoms with E-state index in [1.54, 1.807) is 0 Å². The number of amides is 1. The van der Waals surface area contributed by atoms with Crippen molar-refractivity contribution in [2.75, 3.05) is 13.1 Å². The number of hydrogen-bond acceptors (Lipinski definition) is 4. The topological polar surface area (TPSA) is 78.9 Å². The first-order valence-electron chi connectivity index (χ1n) is 7.68. The van der Waals surface area contributed by atoms with E-state index < -0.39 is 23.2 Å². The summed E-state index contributed by atoms with van der Waals surface area (Å²) in [5.74, 6) is -0.880. The monoisotopic (exact) mass is 320 g/mol. The molecule has 0 saturated carbocycles. The van der Waals surface area contributed by atoms with Crippen LogP contribution in [0.2, 0.25) is 0 Å². The van der Waals surface area contributed by atoms with Crippen molar-refractivity contribution >= 4 is 12.1 Å². The Morgan fingerprint density at radius 3 is 2.39 bits per heavy atom. The summed E-state index contributed by atoms with van der Waals surface area (Å²) in [5.41, 5.74) is -0.0778. The predicted octanol–water partition coefficient (Wildman–Crippen LogP) is 2.24. The SMILES string of the molecule is CC(C)(C)OC(=O)N1CC(CC(=O)O)(NCc2ccccc2)C1. The van der Waals surface area contributed by atoms with Gasteiger partial charge in [-0.05, 0) is 26.3 Å². The summed E-state index contributed by atoms with van der Waals surface area (Å²) < 4.78 is 5.31. The molecule has 0 bridgehead atoms. The van der Waals surface area contributed by atoms with Crippen molar-refractivity contribution in [2.45, 2.75) is 44.9 Å². The van der Waals surface area contributed by atoms with Crippen LogP contribution in [-0.4, -0.2) is 46.3 Å². The number of nitrogens with zero attached hydrogens (tertiary/aromatic N) is 1. The number of rotatable bonds is 5. The number of carboxylic acid groups (broad SMARTS) is 1. The largest absolute Gasteiger partial charge is 0.481 e. The molecule has 6 nitrogen and oxygen atoms in total. The maximum absolute atomic E-state index is 12.0. The fourth-order valence-electron chi connectivity index (χ4n) is 2.60. The van der Waals surface area contributed by atoms with Crippen molar-refractivity contribution in [1.29, 1.82) is 0 Å². The lowest BCUT2D eigenvalue weighted by Crippen LogP contribution is -2.71. The molecule has 6 heteroatoms.